The van der Waals surface area contributed by atoms with Crippen molar-refractivity contribution in [2.24, 2.45) is 23.7 Å². The Hall–Kier alpha value is -0.700. The van der Waals surface area contributed by atoms with E-state index in [4.69, 9.17) is 0 Å². The highest BCUT2D eigenvalue weighted by Crippen LogP contribution is 2.41. The molecule has 8 heteroatoms. The van der Waals surface area contributed by atoms with Crippen molar-refractivity contribution in [3.05, 3.63) is 0 Å². The van der Waals surface area contributed by atoms with Gasteiger partial charge in [-0.15, -0.1) is 0 Å². The van der Waals surface area contributed by atoms with E-state index in [-0.39, 0.29) is 23.3 Å². The largest absolute Gasteiger partial charge is 0.342 e. The van der Waals surface area contributed by atoms with Crippen LogP contribution in [0.3, 0.4) is 0 Å². The van der Waals surface area contributed by atoms with Gasteiger partial charge >= 0.3 is 0 Å². The van der Waals surface area contributed by atoms with Crippen molar-refractivity contribution < 1.29 is 13.2 Å². The standard InChI is InChI=1S/C25H44N4O3S/c1-18-5-7-22(8-6-18)33(31,32)28-14-9-20(10-15-28)21-11-16-29-23(17-21)24(19(2)26-29)25(30)27-12-3-4-13-27/h18-24,26H,3-17H2,1-2H3. The molecule has 1 amide bonds. The zero-order valence-electron chi connectivity index (χ0n) is 20.6. The lowest BCUT2D eigenvalue weighted by Gasteiger charge is -2.43. The normalized spacial score (nSPS) is 39.6. The van der Waals surface area contributed by atoms with Gasteiger partial charge in [0, 0.05) is 44.8 Å². The van der Waals surface area contributed by atoms with Crippen LogP contribution >= 0.6 is 0 Å². The number of rotatable bonds is 4. The van der Waals surface area contributed by atoms with Gasteiger partial charge in [-0.2, -0.15) is 0 Å². The van der Waals surface area contributed by atoms with E-state index in [1.165, 1.54) is 0 Å². The molecule has 7 nitrogen and oxygen atoms in total. The average molecular weight is 481 g/mol. The van der Waals surface area contributed by atoms with Gasteiger partial charge in [-0.25, -0.2) is 17.7 Å². The molecule has 0 aromatic heterocycles. The van der Waals surface area contributed by atoms with E-state index in [2.05, 4.69) is 29.2 Å². The molecule has 0 spiro atoms. The average Bonchev–Trinajstić information content (AvgIpc) is 3.46. The summed E-state index contributed by atoms with van der Waals surface area (Å²) in [5.41, 5.74) is 3.60. The Morgan fingerprint density at radius 1 is 0.818 bits per heavy atom. The molecular formula is C25H44N4O3S. The third kappa shape index (κ3) is 4.74. The van der Waals surface area contributed by atoms with Crippen molar-refractivity contribution in [3.63, 3.8) is 0 Å². The lowest BCUT2D eigenvalue weighted by molar-refractivity contribution is -0.136. The minimum atomic E-state index is -3.15. The fourth-order valence-electron chi connectivity index (χ4n) is 7.50. The molecule has 0 aromatic carbocycles. The molecule has 4 aliphatic heterocycles. The number of carbonyl (C=O) groups is 1. The summed E-state index contributed by atoms with van der Waals surface area (Å²) in [6, 6.07) is 0.491. The van der Waals surface area contributed by atoms with Crippen molar-refractivity contribution in [3.8, 4) is 0 Å². The van der Waals surface area contributed by atoms with Crippen LogP contribution in [0.4, 0.5) is 0 Å². The van der Waals surface area contributed by atoms with Crippen LogP contribution in [0, 0.1) is 23.7 Å². The zero-order valence-corrected chi connectivity index (χ0v) is 21.4. The van der Waals surface area contributed by atoms with Gasteiger partial charge in [0.25, 0.3) is 0 Å². The Balaban J connectivity index is 1.18. The first-order valence-corrected chi connectivity index (χ1v) is 15.2. The Bertz CT molecular complexity index is 798. The molecule has 0 aromatic rings. The number of hydrogen-bond donors (Lipinski definition) is 1. The zero-order chi connectivity index (χ0) is 23.2. The molecule has 1 aliphatic carbocycles. The molecule has 0 bridgehead atoms. The highest BCUT2D eigenvalue weighted by molar-refractivity contribution is 7.89. The molecule has 4 atom stereocenters. The summed E-state index contributed by atoms with van der Waals surface area (Å²) in [6.07, 6.45) is 10.2. The molecule has 4 saturated heterocycles. The van der Waals surface area contributed by atoms with Crippen molar-refractivity contribution >= 4 is 15.9 Å². The molecule has 5 rings (SSSR count). The van der Waals surface area contributed by atoms with Crippen LogP contribution in [0.15, 0.2) is 0 Å². The van der Waals surface area contributed by atoms with Crippen LogP contribution in [0.1, 0.15) is 78.1 Å². The van der Waals surface area contributed by atoms with Crippen LogP contribution in [-0.4, -0.2) is 78.6 Å². The number of nitrogens with one attached hydrogen (secondary N) is 1. The van der Waals surface area contributed by atoms with Crippen molar-refractivity contribution in [1.82, 2.24) is 19.6 Å². The molecule has 4 heterocycles. The lowest BCUT2D eigenvalue weighted by Crippen LogP contribution is -2.50. The minimum Gasteiger partial charge on any atom is -0.342 e. The highest BCUT2D eigenvalue weighted by atomic mass is 32.2. The topological polar surface area (TPSA) is 73.0 Å². The van der Waals surface area contributed by atoms with Gasteiger partial charge in [0.2, 0.25) is 15.9 Å². The number of piperidine rings is 2. The van der Waals surface area contributed by atoms with E-state index >= 15 is 0 Å². The summed E-state index contributed by atoms with van der Waals surface area (Å²) >= 11 is 0. The van der Waals surface area contributed by atoms with Crippen molar-refractivity contribution in [1.29, 1.82) is 0 Å². The van der Waals surface area contributed by atoms with Crippen LogP contribution in [-0.2, 0) is 14.8 Å². The van der Waals surface area contributed by atoms with E-state index in [1.54, 1.807) is 0 Å². The number of fused-ring (bicyclic) bond motifs is 1. The highest BCUT2D eigenvalue weighted by Gasteiger charge is 2.49. The number of likely N-dealkylation sites (tertiary alicyclic amines) is 1. The Morgan fingerprint density at radius 3 is 2.12 bits per heavy atom. The maximum atomic E-state index is 13.3. The first kappa shape index (κ1) is 24.0. The SMILES string of the molecule is CC1CCC(S(=O)(=O)N2CCC(C3CCN4NC(C)C(C(=O)N5CCCC5)C4C3)CC2)CC1. The second-order valence-corrected chi connectivity index (χ2v) is 13.9. The van der Waals surface area contributed by atoms with Gasteiger partial charge in [-0.3, -0.25) is 10.2 Å². The van der Waals surface area contributed by atoms with Crippen molar-refractivity contribution in [2.45, 2.75) is 95.4 Å². The fourth-order valence-corrected chi connectivity index (χ4v) is 9.51. The van der Waals surface area contributed by atoms with E-state index in [1.807, 2.05) is 4.31 Å². The first-order valence-electron chi connectivity index (χ1n) is 13.6. The van der Waals surface area contributed by atoms with Crippen LogP contribution in [0.5, 0.6) is 0 Å². The van der Waals surface area contributed by atoms with E-state index in [0.29, 0.717) is 36.8 Å². The monoisotopic (exact) mass is 480 g/mol. The maximum Gasteiger partial charge on any atom is 0.228 e. The van der Waals surface area contributed by atoms with Gasteiger partial charge in [0.05, 0.1) is 11.2 Å². The number of amides is 1. The Kier molecular flexibility index (Phi) is 7.09. The van der Waals surface area contributed by atoms with E-state index in [9.17, 15) is 13.2 Å². The molecular weight excluding hydrogens is 436 g/mol. The Morgan fingerprint density at radius 2 is 1.45 bits per heavy atom. The lowest BCUT2D eigenvalue weighted by atomic mass is 9.74. The summed E-state index contributed by atoms with van der Waals surface area (Å²) < 4.78 is 28.3. The van der Waals surface area contributed by atoms with E-state index in [0.717, 1.165) is 83.8 Å². The third-order valence-corrected chi connectivity index (χ3v) is 12.0. The van der Waals surface area contributed by atoms with Gasteiger partial charge in [-0.05, 0) is 88.9 Å². The van der Waals surface area contributed by atoms with Gasteiger partial charge in [0.15, 0.2) is 0 Å². The first-order chi connectivity index (χ1) is 15.8. The molecule has 5 fully saturated rings. The van der Waals surface area contributed by atoms with Gasteiger partial charge < -0.3 is 4.90 Å². The van der Waals surface area contributed by atoms with Crippen LogP contribution in [0.25, 0.3) is 0 Å². The predicted molar refractivity (Wildman–Crippen MR) is 130 cm³/mol. The number of nitrogens with zero attached hydrogens (tertiary/aromatic N) is 3. The van der Waals surface area contributed by atoms with Gasteiger partial charge in [-0.1, -0.05) is 6.92 Å². The second-order valence-electron chi connectivity index (χ2n) is 11.7. The summed E-state index contributed by atoms with van der Waals surface area (Å²) in [5, 5.41) is 2.20. The molecule has 1 saturated carbocycles. The summed E-state index contributed by atoms with van der Waals surface area (Å²) in [4.78, 5) is 15.4. The number of sulfonamides is 1. The third-order valence-electron chi connectivity index (χ3n) is 9.62. The second kappa shape index (κ2) is 9.75. The smallest absolute Gasteiger partial charge is 0.228 e. The summed E-state index contributed by atoms with van der Waals surface area (Å²) in [5.74, 6) is 2.27. The van der Waals surface area contributed by atoms with E-state index < -0.39 is 10.0 Å². The number of hydrogen-bond acceptors (Lipinski definition) is 5. The number of hydrazine groups is 1. The predicted octanol–water partition coefficient (Wildman–Crippen LogP) is 2.83. The maximum absolute atomic E-state index is 13.3. The minimum absolute atomic E-state index is 0.0556. The van der Waals surface area contributed by atoms with Crippen LogP contribution < -0.4 is 5.43 Å². The summed E-state index contributed by atoms with van der Waals surface area (Å²) in [7, 11) is -3.15. The molecule has 188 valence electrons. The van der Waals surface area contributed by atoms with Crippen molar-refractivity contribution in [2.75, 3.05) is 32.7 Å². The van der Waals surface area contributed by atoms with Crippen LogP contribution in [0.2, 0.25) is 0 Å². The molecule has 5 aliphatic rings. The number of carbonyl (C=O) groups excluding carboxylic acids is 1. The molecule has 4 unspecified atom stereocenters. The quantitative estimate of drug-likeness (QED) is 0.670. The van der Waals surface area contributed by atoms with Gasteiger partial charge in [0.1, 0.15) is 0 Å². The molecule has 0 radical (unpaired) electrons. The molecule has 33 heavy (non-hydrogen) atoms. The Labute approximate surface area is 200 Å². The molecule has 1 N–H and O–H groups in total. The fraction of sp³-hybridized carbons (Fsp3) is 0.960. The summed E-state index contributed by atoms with van der Waals surface area (Å²) in [6.45, 7) is 8.63.